The number of hydrogen-bond donors (Lipinski definition) is 0. The van der Waals surface area contributed by atoms with E-state index in [9.17, 15) is 4.79 Å². The third kappa shape index (κ3) is 2.11. The Balaban J connectivity index is 1.82. The second-order valence-electron chi connectivity index (χ2n) is 4.49. The van der Waals surface area contributed by atoms with E-state index in [4.69, 9.17) is 0 Å². The van der Waals surface area contributed by atoms with Crippen molar-refractivity contribution in [2.45, 2.75) is 44.6 Å². The molecule has 1 aliphatic heterocycles. The number of nitrogens with zero attached hydrogens (tertiary/aromatic N) is 1. The second kappa shape index (κ2) is 4.23. The molecule has 2 aliphatic rings. The van der Waals surface area contributed by atoms with Gasteiger partial charge in [0.25, 0.3) is 0 Å². The Bertz CT molecular complexity index is 177. The fraction of sp³-hybridized carbons (Fsp3) is 0.909. The highest BCUT2D eigenvalue weighted by molar-refractivity contribution is 5.57. The van der Waals surface area contributed by atoms with E-state index in [0.29, 0.717) is 0 Å². The normalized spacial score (nSPS) is 31.2. The maximum atomic E-state index is 10.8. The molecule has 0 radical (unpaired) electrons. The van der Waals surface area contributed by atoms with Gasteiger partial charge in [0, 0.05) is 6.54 Å². The molecule has 2 rings (SSSR count). The molecule has 13 heavy (non-hydrogen) atoms. The first-order valence-corrected chi connectivity index (χ1v) is 5.59. The topological polar surface area (TPSA) is 20.3 Å². The monoisotopic (exact) mass is 181 g/mol. The van der Waals surface area contributed by atoms with Gasteiger partial charge in [0.2, 0.25) is 0 Å². The molecule has 74 valence electrons. The maximum Gasteiger partial charge on any atom is 0.137 e. The first-order chi connectivity index (χ1) is 6.40. The van der Waals surface area contributed by atoms with Crippen LogP contribution in [0.5, 0.6) is 0 Å². The Labute approximate surface area is 80.3 Å². The standard InChI is InChI=1S/C11H19NO/c13-9-11-6-1-2-7-12(11)8-10-4-3-5-10/h9-11H,1-8H2. The third-order valence-corrected chi connectivity index (χ3v) is 3.54. The first kappa shape index (κ1) is 9.20. The molecule has 1 saturated heterocycles. The Morgan fingerprint density at radius 1 is 1.15 bits per heavy atom. The van der Waals surface area contributed by atoms with Crippen LogP contribution in [0.1, 0.15) is 38.5 Å². The molecule has 1 aliphatic carbocycles. The fourth-order valence-corrected chi connectivity index (χ4v) is 2.40. The van der Waals surface area contributed by atoms with Crippen LogP contribution in [0.15, 0.2) is 0 Å². The minimum absolute atomic E-state index is 0.245. The van der Waals surface area contributed by atoms with Crippen LogP contribution in [0.3, 0.4) is 0 Å². The van der Waals surface area contributed by atoms with Crippen molar-refractivity contribution in [3.63, 3.8) is 0 Å². The molecule has 1 unspecified atom stereocenters. The molecule has 1 atom stereocenters. The van der Waals surface area contributed by atoms with Crippen molar-refractivity contribution >= 4 is 6.29 Å². The number of carbonyl (C=O) groups excluding carboxylic acids is 1. The average molecular weight is 181 g/mol. The predicted molar refractivity (Wildman–Crippen MR) is 52.6 cm³/mol. The van der Waals surface area contributed by atoms with Crippen LogP contribution < -0.4 is 0 Å². The van der Waals surface area contributed by atoms with Crippen LogP contribution in [0.4, 0.5) is 0 Å². The summed E-state index contributed by atoms with van der Waals surface area (Å²) in [5.41, 5.74) is 0. The summed E-state index contributed by atoms with van der Waals surface area (Å²) >= 11 is 0. The molecule has 0 N–H and O–H groups in total. The molecular weight excluding hydrogens is 162 g/mol. The summed E-state index contributed by atoms with van der Waals surface area (Å²) < 4.78 is 0. The molecule has 0 aromatic heterocycles. The van der Waals surface area contributed by atoms with Crippen molar-refractivity contribution in [3.05, 3.63) is 0 Å². The SMILES string of the molecule is O=CC1CCCCN1CC1CCC1. The van der Waals surface area contributed by atoms with Crippen LogP contribution in [0.25, 0.3) is 0 Å². The smallest absolute Gasteiger partial charge is 0.137 e. The lowest BCUT2D eigenvalue weighted by Gasteiger charge is -2.37. The highest BCUT2D eigenvalue weighted by Gasteiger charge is 2.26. The van der Waals surface area contributed by atoms with E-state index in [-0.39, 0.29) is 6.04 Å². The Morgan fingerprint density at radius 3 is 2.62 bits per heavy atom. The predicted octanol–water partition coefficient (Wildman–Crippen LogP) is 1.84. The lowest BCUT2D eigenvalue weighted by Crippen LogP contribution is -2.44. The van der Waals surface area contributed by atoms with E-state index < -0.39 is 0 Å². The molecule has 0 bridgehead atoms. The fourth-order valence-electron chi connectivity index (χ4n) is 2.40. The number of likely N-dealkylation sites (tertiary alicyclic amines) is 1. The largest absolute Gasteiger partial charge is 0.302 e. The minimum atomic E-state index is 0.245. The van der Waals surface area contributed by atoms with Crippen LogP contribution >= 0.6 is 0 Å². The Hall–Kier alpha value is -0.370. The van der Waals surface area contributed by atoms with Crippen molar-refractivity contribution in [3.8, 4) is 0 Å². The number of rotatable bonds is 3. The van der Waals surface area contributed by atoms with Crippen LogP contribution in [-0.4, -0.2) is 30.3 Å². The maximum absolute atomic E-state index is 10.8. The molecule has 0 amide bonds. The highest BCUT2D eigenvalue weighted by atomic mass is 16.1. The van der Waals surface area contributed by atoms with Crippen LogP contribution in [0.2, 0.25) is 0 Å². The number of piperidine rings is 1. The zero-order valence-electron chi connectivity index (χ0n) is 8.24. The Kier molecular flexibility index (Phi) is 2.99. The molecular formula is C11H19NO. The van der Waals surface area contributed by atoms with Gasteiger partial charge in [0.1, 0.15) is 6.29 Å². The summed E-state index contributed by atoms with van der Waals surface area (Å²) in [5.74, 6) is 0.903. The van der Waals surface area contributed by atoms with Gasteiger partial charge in [-0.2, -0.15) is 0 Å². The van der Waals surface area contributed by atoms with Gasteiger partial charge in [0.15, 0.2) is 0 Å². The summed E-state index contributed by atoms with van der Waals surface area (Å²) in [4.78, 5) is 13.2. The summed E-state index contributed by atoms with van der Waals surface area (Å²) in [7, 11) is 0. The number of aldehydes is 1. The lowest BCUT2D eigenvalue weighted by atomic mass is 9.84. The molecule has 0 spiro atoms. The van der Waals surface area contributed by atoms with E-state index in [0.717, 1.165) is 25.2 Å². The molecule has 1 heterocycles. The number of carbonyl (C=O) groups is 1. The van der Waals surface area contributed by atoms with Crippen molar-refractivity contribution in [1.29, 1.82) is 0 Å². The van der Waals surface area contributed by atoms with Gasteiger partial charge in [-0.25, -0.2) is 0 Å². The lowest BCUT2D eigenvalue weighted by molar-refractivity contribution is -0.113. The van der Waals surface area contributed by atoms with Gasteiger partial charge >= 0.3 is 0 Å². The zero-order valence-corrected chi connectivity index (χ0v) is 8.24. The summed E-state index contributed by atoms with van der Waals surface area (Å²) in [5, 5.41) is 0. The molecule has 0 aromatic carbocycles. The number of hydrogen-bond acceptors (Lipinski definition) is 2. The van der Waals surface area contributed by atoms with E-state index in [1.165, 1.54) is 38.6 Å². The van der Waals surface area contributed by atoms with E-state index in [2.05, 4.69) is 4.90 Å². The Morgan fingerprint density at radius 2 is 2.00 bits per heavy atom. The van der Waals surface area contributed by atoms with Crippen molar-refractivity contribution < 1.29 is 4.79 Å². The van der Waals surface area contributed by atoms with E-state index >= 15 is 0 Å². The van der Waals surface area contributed by atoms with Gasteiger partial charge in [-0.15, -0.1) is 0 Å². The van der Waals surface area contributed by atoms with Crippen LogP contribution in [0, 0.1) is 5.92 Å². The zero-order chi connectivity index (χ0) is 9.10. The summed E-state index contributed by atoms with van der Waals surface area (Å²) in [6, 6.07) is 0.245. The van der Waals surface area contributed by atoms with Crippen molar-refractivity contribution in [1.82, 2.24) is 4.90 Å². The molecule has 2 nitrogen and oxygen atoms in total. The van der Waals surface area contributed by atoms with Crippen LogP contribution in [-0.2, 0) is 4.79 Å². The minimum Gasteiger partial charge on any atom is -0.302 e. The molecule has 2 heteroatoms. The van der Waals surface area contributed by atoms with Gasteiger partial charge in [-0.1, -0.05) is 12.8 Å². The van der Waals surface area contributed by atoms with Crippen molar-refractivity contribution in [2.75, 3.05) is 13.1 Å². The quantitative estimate of drug-likeness (QED) is 0.619. The van der Waals surface area contributed by atoms with Crippen molar-refractivity contribution in [2.24, 2.45) is 5.92 Å². The van der Waals surface area contributed by atoms with E-state index in [1.807, 2.05) is 0 Å². The van der Waals surface area contributed by atoms with E-state index in [1.54, 1.807) is 0 Å². The van der Waals surface area contributed by atoms with Gasteiger partial charge in [-0.3, -0.25) is 4.90 Å². The molecule has 2 fully saturated rings. The second-order valence-corrected chi connectivity index (χ2v) is 4.49. The van der Waals surface area contributed by atoms with Gasteiger partial charge < -0.3 is 4.79 Å². The molecule has 1 saturated carbocycles. The third-order valence-electron chi connectivity index (χ3n) is 3.54. The van der Waals surface area contributed by atoms with Gasteiger partial charge in [0.05, 0.1) is 6.04 Å². The first-order valence-electron chi connectivity index (χ1n) is 5.59. The molecule has 0 aromatic rings. The highest BCUT2D eigenvalue weighted by Crippen LogP contribution is 2.29. The summed E-state index contributed by atoms with van der Waals surface area (Å²) in [6.45, 7) is 2.34. The van der Waals surface area contributed by atoms with Gasteiger partial charge in [-0.05, 0) is 38.1 Å². The average Bonchev–Trinajstić information content (AvgIpc) is 2.12. The summed E-state index contributed by atoms with van der Waals surface area (Å²) in [6.07, 6.45) is 8.96.